The summed E-state index contributed by atoms with van der Waals surface area (Å²) in [7, 11) is 2.17. The van der Waals surface area contributed by atoms with E-state index in [9.17, 15) is 0 Å². The summed E-state index contributed by atoms with van der Waals surface area (Å²) in [4.78, 5) is 0. The van der Waals surface area contributed by atoms with E-state index in [2.05, 4.69) is 55.8 Å². The van der Waals surface area contributed by atoms with Crippen molar-refractivity contribution in [1.29, 1.82) is 0 Å². The molecule has 2 aromatic rings. The van der Waals surface area contributed by atoms with E-state index in [0.717, 1.165) is 0 Å². The molecular weight excluding hydrogens is 235 g/mol. The molecule has 0 saturated carbocycles. The average molecular weight is 245 g/mol. The van der Waals surface area contributed by atoms with Crippen LogP contribution in [0.4, 0.5) is 0 Å². The summed E-state index contributed by atoms with van der Waals surface area (Å²) in [6, 6.07) is 20.7. The molecule has 0 fully saturated rings. The second-order valence-corrected chi connectivity index (χ2v) is 2.97. The van der Waals surface area contributed by atoms with Crippen LogP contribution in [0.3, 0.4) is 0 Å². The molecule has 0 radical (unpaired) electrons. The van der Waals surface area contributed by atoms with Crippen LogP contribution in [0.15, 0.2) is 60.7 Å². The normalized spacial score (nSPS) is 8.57. The van der Waals surface area contributed by atoms with Crippen molar-refractivity contribution in [2.75, 3.05) is 0 Å². The Morgan fingerprint density at radius 2 is 0.929 bits per heavy atom. The fraction of sp³-hybridized carbons (Fsp3) is 0. The number of halogens is 1. The van der Waals surface area contributed by atoms with Crippen LogP contribution in [0, 0.1) is 0 Å². The van der Waals surface area contributed by atoms with Gasteiger partial charge in [0, 0.05) is 0 Å². The third kappa shape index (κ3) is 3.04. The van der Waals surface area contributed by atoms with Gasteiger partial charge in [-0.1, -0.05) is 0 Å². The molecule has 2 aromatic carbocycles. The van der Waals surface area contributed by atoms with Gasteiger partial charge in [-0.05, 0) is 0 Å². The van der Waals surface area contributed by atoms with Gasteiger partial charge in [0.15, 0.2) is 0 Å². The van der Waals surface area contributed by atoms with Crippen molar-refractivity contribution >= 4 is 18.2 Å². The van der Waals surface area contributed by atoms with Gasteiger partial charge in [-0.15, -0.1) is 0 Å². The quantitative estimate of drug-likeness (QED) is 0.556. The Bertz CT molecular complexity index is 321. The Labute approximate surface area is 96.0 Å². The van der Waals surface area contributed by atoms with E-state index < -0.39 is 0 Å². The van der Waals surface area contributed by atoms with Crippen LogP contribution in [0.5, 0.6) is 0 Å². The summed E-state index contributed by atoms with van der Waals surface area (Å²) in [6.45, 7) is 0. The summed E-state index contributed by atoms with van der Waals surface area (Å²) in [5, 5.41) is 0. The van der Waals surface area contributed by atoms with Gasteiger partial charge in [0.1, 0.15) is 0 Å². The molecule has 0 aliphatic carbocycles. The molecule has 0 N–H and O–H groups in total. The minimum atomic E-state index is 0. The molecule has 2 rings (SSSR count). The van der Waals surface area contributed by atoms with Crippen molar-refractivity contribution in [3.05, 3.63) is 60.7 Å². The van der Waals surface area contributed by atoms with Crippen LogP contribution in [-0.2, 0) is 0 Å². The van der Waals surface area contributed by atoms with E-state index in [1.54, 1.807) is 0 Å². The number of hydrogen-bond acceptors (Lipinski definition) is 0. The molecule has 0 heterocycles. The smallest absolute Gasteiger partial charge is 1.00 e. The second-order valence-electron chi connectivity index (χ2n) is 2.97. The van der Waals surface area contributed by atoms with Crippen molar-refractivity contribution in [2.24, 2.45) is 0 Å². The van der Waals surface area contributed by atoms with Crippen molar-refractivity contribution in [2.45, 2.75) is 0 Å². The van der Waals surface area contributed by atoms with Crippen molar-refractivity contribution in [1.82, 2.24) is 0 Å². The molecule has 2 heteroatoms. The zero-order valence-electron chi connectivity index (χ0n) is 7.73. The first-order valence-corrected chi connectivity index (χ1v) is 4.40. The van der Waals surface area contributed by atoms with Crippen LogP contribution in [0.2, 0.25) is 0 Å². The van der Waals surface area contributed by atoms with Crippen LogP contribution in [-0.4, -0.2) is 7.28 Å². The van der Waals surface area contributed by atoms with E-state index >= 15 is 0 Å². The average Bonchev–Trinajstić information content (AvgIpc) is 2.21. The van der Waals surface area contributed by atoms with Crippen molar-refractivity contribution < 1.29 is 17.0 Å². The molecule has 0 saturated heterocycles. The second kappa shape index (κ2) is 5.66. The van der Waals surface area contributed by atoms with E-state index in [-0.39, 0.29) is 17.0 Å². The largest absolute Gasteiger partial charge is 1.00 e. The van der Waals surface area contributed by atoms with Gasteiger partial charge in [0.2, 0.25) is 0 Å². The van der Waals surface area contributed by atoms with Crippen LogP contribution >= 0.6 is 0 Å². The maximum atomic E-state index is 2.17. The predicted molar refractivity (Wildman–Crippen MR) is 57.9 cm³/mol. The molecule has 0 aromatic heterocycles. The molecule has 0 aliphatic rings. The number of hydrogen-bond donors (Lipinski definition) is 0. The van der Waals surface area contributed by atoms with Crippen LogP contribution < -0.4 is 27.9 Å². The van der Waals surface area contributed by atoms with E-state index in [1.807, 2.05) is 12.1 Å². The molecular formula is C12H10BBr. The minimum absolute atomic E-state index is 0. The van der Waals surface area contributed by atoms with Gasteiger partial charge >= 0.3 is 78.9 Å². The first-order chi connectivity index (χ1) is 6.45. The van der Waals surface area contributed by atoms with Gasteiger partial charge < -0.3 is 17.0 Å². The molecule has 0 nitrogen and oxygen atoms in total. The molecule has 0 bridgehead atoms. The molecule has 68 valence electrons. The summed E-state index contributed by atoms with van der Waals surface area (Å²) in [6.07, 6.45) is 0. The monoisotopic (exact) mass is 244 g/mol. The van der Waals surface area contributed by atoms with Gasteiger partial charge in [0.25, 0.3) is 0 Å². The standard InChI is InChI=1S/C12H10B.BrH/c1-3-7-11(8-4-1)13-12-9-5-2-6-10-12;/h1-10H;1H/q+1;/p-1. The third-order valence-corrected chi connectivity index (χ3v) is 1.93. The van der Waals surface area contributed by atoms with E-state index in [0.29, 0.717) is 0 Å². The van der Waals surface area contributed by atoms with Gasteiger partial charge in [0.05, 0.1) is 0 Å². The Hall–Kier alpha value is -1.02. The Morgan fingerprint density at radius 3 is 1.29 bits per heavy atom. The zero-order chi connectivity index (χ0) is 8.93. The number of rotatable bonds is 2. The summed E-state index contributed by atoms with van der Waals surface area (Å²) in [5.41, 5.74) is 2.49. The molecule has 0 spiro atoms. The third-order valence-electron chi connectivity index (χ3n) is 1.93. The Kier molecular flexibility index (Phi) is 4.47. The van der Waals surface area contributed by atoms with Crippen molar-refractivity contribution in [3.63, 3.8) is 0 Å². The Balaban J connectivity index is 0.000000980. The fourth-order valence-corrected chi connectivity index (χ4v) is 1.29. The molecule has 0 atom stereocenters. The van der Waals surface area contributed by atoms with Crippen molar-refractivity contribution in [3.8, 4) is 0 Å². The fourth-order valence-electron chi connectivity index (χ4n) is 1.29. The molecule has 0 unspecified atom stereocenters. The van der Waals surface area contributed by atoms with E-state index in [1.165, 1.54) is 10.9 Å². The topological polar surface area (TPSA) is 0 Å². The Morgan fingerprint density at radius 1 is 0.571 bits per heavy atom. The minimum Gasteiger partial charge on any atom is -1.00 e. The first-order valence-electron chi connectivity index (χ1n) is 4.40. The summed E-state index contributed by atoms with van der Waals surface area (Å²) in [5.74, 6) is 0. The first kappa shape index (κ1) is 11.1. The maximum absolute atomic E-state index is 2.17. The predicted octanol–water partition coefficient (Wildman–Crippen LogP) is -1.65. The summed E-state index contributed by atoms with van der Waals surface area (Å²) >= 11 is 0. The number of benzene rings is 2. The maximum Gasteiger partial charge on any atom is -1.00 e. The molecule has 0 amide bonds. The van der Waals surface area contributed by atoms with Crippen LogP contribution in [0.25, 0.3) is 0 Å². The van der Waals surface area contributed by atoms with Gasteiger partial charge in [-0.3, -0.25) is 0 Å². The molecule has 0 aliphatic heterocycles. The molecule has 14 heavy (non-hydrogen) atoms. The zero-order valence-corrected chi connectivity index (χ0v) is 9.31. The summed E-state index contributed by atoms with van der Waals surface area (Å²) < 4.78 is 0. The van der Waals surface area contributed by atoms with Gasteiger partial charge in [-0.2, -0.15) is 0 Å². The van der Waals surface area contributed by atoms with E-state index in [4.69, 9.17) is 0 Å². The van der Waals surface area contributed by atoms with Gasteiger partial charge in [-0.25, -0.2) is 0 Å². The van der Waals surface area contributed by atoms with Crippen LogP contribution in [0.1, 0.15) is 0 Å². The SMILES string of the molecule is [B+](c1ccccc1)c1ccccc1.[Br-].